The number of methoxy groups -OCH3 is 1. The van der Waals surface area contributed by atoms with Gasteiger partial charge in [-0.2, -0.15) is 12.4 Å². The summed E-state index contributed by atoms with van der Waals surface area (Å²) >= 11 is 0. The van der Waals surface area contributed by atoms with Crippen LogP contribution >= 0.6 is 0 Å². The summed E-state index contributed by atoms with van der Waals surface area (Å²) in [7, 11) is 3.44. The average molecular weight is 578 g/mol. The molecule has 42 heavy (non-hydrogen) atoms. The molecule has 8 heteroatoms. The van der Waals surface area contributed by atoms with E-state index in [1.54, 1.807) is 18.5 Å². The highest BCUT2D eigenvalue weighted by atomic mass is 16.5. The maximum atomic E-state index is 11.3. The Morgan fingerprint density at radius 1 is 1.07 bits per heavy atom. The molecule has 2 fully saturated rings. The Labute approximate surface area is 248 Å². The van der Waals surface area contributed by atoms with E-state index in [9.17, 15) is 20.4 Å². The van der Waals surface area contributed by atoms with Gasteiger partial charge in [0.05, 0.1) is 25.4 Å². The highest BCUT2D eigenvalue weighted by Gasteiger charge is 2.43. The minimum Gasteiger partial charge on any atom is -0.670 e. The molecule has 6 unspecified atom stereocenters. The number of fused-ring (bicyclic) bond motifs is 1. The van der Waals surface area contributed by atoms with Gasteiger partial charge in [-0.05, 0) is 99.2 Å². The molecule has 228 valence electrons. The Morgan fingerprint density at radius 2 is 1.90 bits per heavy atom. The zero-order valence-corrected chi connectivity index (χ0v) is 24.9. The van der Waals surface area contributed by atoms with Gasteiger partial charge in [0.2, 0.25) is 5.75 Å². The smallest absolute Gasteiger partial charge is 0.200 e. The van der Waals surface area contributed by atoms with E-state index in [0.29, 0.717) is 30.1 Å². The largest absolute Gasteiger partial charge is 0.670 e. The number of benzene rings is 2. The summed E-state index contributed by atoms with van der Waals surface area (Å²) < 4.78 is 12.3. The first-order valence-corrected chi connectivity index (χ1v) is 15.3. The van der Waals surface area contributed by atoms with Crippen molar-refractivity contribution in [1.82, 2.24) is 10.3 Å². The fraction of sp³-hybridized carbons (Fsp3) is 0.529. The molecule has 1 aromatic heterocycles. The van der Waals surface area contributed by atoms with Gasteiger partial charge in [0.1, 0.15) is 5.75 Å². The van der Waals surface area contributed by atoms with Gasteiger partial charge in [-0.25, -0.2) is 0 Å². The van der Waals surface area contributed by atoms with E-state index < -0.39 is 12.2 Å². The Morgan fingerprint density at radius 3 is 2.64 bits per heavy atom. The first kappa shape index (κ1) is 30.3. The molecule has 2 aromatic carbocycles. The number of aliphatic hydroxyl groups excluding tert-OH is 1. The number of phenolic OH excluding ortho intramolecular Hbond substituents is 3. The van der Waals surface area contributed by atoms with Crippen LogP contribution in [0.5, 0.6) is 23.0 Å². The summed E-state index contributed by atoms with van der Waals surface area (Å²) in [6.45, 7) is 3.25. The van der Waals surface area contributed by atoms with Crippen LogP contribution in [0.3, 0.4) is 0 Å². The van der Waals surface area contributed by atoms with Gasteiger partial charge in [-0.3, -0.25) is 0 Å². The van der Waals surface area contributed by atoms with E-state index in [0.717, 1.165) is 61.8 Å². The third kappa shape index (κ3) is 6.56. The Hall–Kier alpha value is -3.20. The summed E-state index contributed by atoms with van der Waals surface area (Å²) in [5.74, 6) is 0.861. The second-order valence-corrected chi connectivity index (χ2v) is 12.3. The summed E-state index contributed by atoms with van der Waals surface area (Å²) in [6.07, 6.45) is 8.72. The molecule has 1 aliphatic heterocycles. The highest BCUT2D eigenvalue weighted by Crippen LogP contribution is 2.50. The van der Waals surface area contributed by atoms with Crippen LogP contribution in [0, 0.1) is 11.8 Å². The van der Waals surface area contributed by atoms with E-state index in [2.05, 4.69) is 23.3 Å². The molecule has 3 aromatic rings. The Balaban J connectivity index is 1.36. The second kappa shape index (κ2) is 13.4. The van der Waals surface area contributed by atoms with Crippen molar-refractivity contribution in [1.29, 1.82) is 0 Å². The molecule has 8 nitrogen and oxygen atoms in total. The van der Waals surface area contributed by atoms with Crippen molar-refractivity contribution in [2.45, 2.75) is 82.5 Å². The number of aromatic nitrogens is 1. The Bertz CT molecular complexity index is 1330. The molecular formula is C34H45N2O6-. The molecule has 1 saturated heterocycles. The SMILES string of the molecule is CNCCC(C)CCc1cc(C2CCC3C(O)CC(c4cc(O)c(O)c(OC)c4Cc4cc[n-]c4)OC3C2)ccc1O. The average Bonchev–Trinajstić information content (AvgIpc) is 3.50. The summed E-state index contributed by atoms with van der Waals surface area (Å²) in [6, 6.07) is 9.47. The normalized spacial score (nSPS) is 24.7. The number of aliphatic hydroxyl groups is 1. The van der Waals surface area contributed by atoms with Crippen molar-refractivity contribution in [3.05, 3.63) is 70.5 Å². The second-order valence-electron chi connectivity index (χ2n) is 12.3. The van der Waals surface area contributed by atoms with Crippen LogP contribution in [0.15, 0.2) is 42.7 Å². The molecule has 0 radical (unpaired) electrons. The number of phenols is 3. The van der Waals surface area contributed by atoms with Crippen LogP contribution in [0.4, 0.5) is 0 Å². The van der Waals surface area contributed by atoms with Crippen LogP contribution in [0.25, 0.3) is 0 Å². The van der Waals surface area contributed by atoms with Crippen molar-refractivity contribution in [3.8, 4) is 23.0 Å². The molecule has 5 N–H and O–H groups in total. The van der Waals surface area contributed by atoms with Crippen molar-refractivity contribution in [2.75, 3.05) is 20.7 Å². The van der Waals surface area contributed by atoms with Crippen LogP contribution in [0.2, 0.25) is 0 Å². The van der Waals surface area contributed by atoms with Gasteiger partial charge in [-0.1, -0.05) is 30.7 Å². The fourth-order valence-corrected chi connectivity index (χ4v) is 6.92. The van der Waals surface area contributed by atoms with Crippen molar-refractivity contribution in [3.63, 3.8) is 0 Å². The van der Waals surface area contributed by atoms with Crippen molar-refractivity contribution >= 4 is 0 Å². The van der Waals surface area contributed by atoms with Gasteiger partial charge < -0.3 is 40.2 Å². The van der Waals surface area contributed by atoms with Gasteiger partial charge in [0.15, 0.2) is 11.5 Å². The number of hydrogen-bond donors (Lipinski definition) is 5. The minimum atomic E-state index is -0.542. The molecule has 2 heterocycles. The van der Waals surface area contributed by atoms with E-state index in [1.807, 2.05) is 25.2 Å². The first-order valence-electron chi connectivity index (χ1n) is 15.3. The number of rotatable bonds is 11. The lowest BCUT2D eigenvalue weighted by atomic mass is 9.71. The predicted octanol–water partition coefficient (Wildman–Crippen LogP) is 5.31. The topological polar surface area (TPSA) is 126 Å². The number of aromatic hydroxyl groups is 3. The van der Waals surface area contributed by atoms with Crippen LogP contribution in [-0.2, 0) is 17.6 Å². The third-order valence-electron chi connectivity index (χ3n) is 9.42. The van der Waals surface area contributed by atoms with Crippen LogP contribution < -0.4 is 15.0 Å². The Kier molecular flexibility index (Phi) is 9.66. The highest BCUT2D eigenvalue weighted by molar-refractivity contribution is 5.59. The predicted molar refractivity (Wildman–Crippen MR) is 161 cm³/mol. The van der Waals surface area contributed by atoms with E-state index >= 15 is 0 Å². The minimum absolute atomic E-state index is 0.0393. The third-order valence-corrected chi connectivity index (χ3v) is 9.42. The van der Waals surface area contributed by atoms with Crippen LogP contribution in [-0.4, -0.2) is 53.3 Å². The summed E-state index contributed by atoms with van der Waals surface area (Å²) in [5, 5.41) is 46.2. The lowest BCUT2D eigenvalue weighted by Gasteiger charge is -2.45. The molecule has 0 amide bonds. The molecule has 1 saturated carbocycles. The number of aryl methyl sites for hydroxylation is 1. The van der Waals surface area contributed by atoms with Crippen LogP contribution in [0.1, 0.15) is 85.3 Å². The molecule has 0 bridgehead atoms. The summed E-state index contributed by atoms with van der Waals surface area (Å²) in [5.41, 5.74) is 4.58. The summed E-state index contributed by atoms with van der Waals surface area (Å²) in [4.78, 5) is 4.16. The number of nitrogens with one attached hydrogen (secondary N) is 1. The molecule has 1 aliphatic carbocycles. The maximum absolute atomic E-state index is 11.3. The van der Waals surface area contributed by atoms with Gasteiger partial charge in [0.25, 0.3) is 0 Å². The maximum Gasteiger partial charge on any atom is 0.200 e. The molecule has 5 rings (SSSR count). The fourth-order valence-electron chi connectivity index (χ4n) is 6.92. The lowest BCUT2D eigenvalue weighted by molar-refractivity contribution is -0.154. The van der Waals surface area contributed by atoms with Crippen molar-refractivity contribution in [2.24, 2.45) is 11.8 Å². The van der Waals surface area contributed by atoms with Crippen molar-refractivity contribution < 1.29 is 29.9 Å². The first-order chi connectivity index (χ1) is 20.3. The van der Waals surface area contributed by atoms with E-state index in [-0.39, 0.29) is 35.2 Å². The quantitative estimate of drug-likeness (QED) is 0.194. The molecular weight excluding hydrogens is 532 g/mol. The van der Waals surface area contributed by atoms with E-state index in [4.69, 9.17) is 9.47 Å². The standard InChI is InChI=1S/C34H45N2O6/c1-20(10-12-35-2)4-5-24-15-22(7-9-28(24)37)23-6-8-25-29(38)18-32(42-31(25)16-23)26-17-30(39)33(40)34(41-3)27(26)14-21-11-13-36-19-21/h7,9,11,13,15,17,19-20,23,25,29,31-32,35,37-40H,4-6,8,10,12,14,16,18H2,1-3H3/q-1. The number of nitrogens with zero attached hydrogens (tertiary/aromatic N) is 1. The zero-order chi connectivity index (χ0) is 29.8. The lowest BCUT2D eigenvalue weighted by Crippen LogP contribution is -2.44. The van der Waals surface area contributed by atoms with Gasteiger partial charge in [-0.15, -0.1) is 0 Å². The zero-order valence-electron chi connectivity index (χ0n) is 24.9. The molecule has 0 spiro atoms. The van der Waals surface area contributed by atoms with E-state index in [1.165, 1.54) is 12.7 Å². The number of ether oxygens (including phenoxy) is 2. The molecule has 6 atom stereocenters. The van der Waals surface area contributed by atoms with Gasteiger partial charge in [0, 0.05) is 17.9 Å². The molecule has 2 aliphatic rings. The number of hydrogen-bond acceptors (Lipinski definition) is 7. The monoisotopic (exact) mass is 577 g/mol. The van der Waals surface area contributed by atoms with Gasteiger partial charge >= 0.3 is 0 Å².